The van der Waals surface area contributed by atoms with Crippen molar-refractivity contribution in [3.8, 4) is 5.75 Å². The van der Waals surface area contributed by atoms with E-state index in [4.69, 9.17) is 33.2 Å². The van der Waals surface area contributed by atoms with E-state index >= 15 is 0 Å². The predicted octanol–water partition coefficient (Wildman–Crippen LogP) is 2.93. The Hall–Kier alpha value is -3.55. The van der Waals surface area contributed by atoms with E-state index in [-0.39, 0.29) is 59.2 Å². The molecule has 320 valence electrons. The lowest BCUT2D eigenvalue weighted by molar-refractivity contribution is -0.296. The highest BCUT2D eigenvalue weighted by Gasteiger charge is 2.67. The summed E-state index contributed by atoms with van der Waals surface area (Å²) in [6.45, 7) is 8.44. The van der Waals surface area contributed by atoms with Gasteiger partial charge in [-0.1, -0.05) is 12.1 Å². The van der Waals surface area contributed by atoms with Crippen molar-refractivity contribution in [2.45, 2.75) is 177 Å². The second-order valence-corrected chi connectivity index (χ2v) is 17.4. The minimum Gasteiger partial charge on any atom is -0.507 e. The minimum absolute atomic E-state index is 0.0268. The van der Waals surface area contributed by atoms with Gasteiger partial charge in [-0.05, 0) is 53.2 Å². The first-order valence-electron chi connectivity index (χ1n) is 20.5. The van der Waals surface area contributed by atoms with E-state index in [1.807, 2.05) is 6.92 Å². The second kappa shape index (κ2) is 15.4. The van der Waals surface area contributed by atoms with Crippen LogP contribution in [0, 0.1) is 0 Å². The van der Waals surface area contributed by atoms with Crippen molar-refractivity contribution in [3.05, 3.63) is 52.1 Å². The number of carbonyl (C=O) groups excluding carboxylic acids is 5. The summed E-state index contributed by atoms with van der Waals surface area (Å²) < 4.78 is 42.1. The van der Waals surface area contributed by atoms with Crippen LogP contribution in [-0.2, 0) is 47.5 Å². The number of rotatable bonds is 7. The smallest absolute Gasteiger partial charge is 0.198 e. The number of aliphatic hydroxyl groups is 3. The minimum atomic E-state index is -2.81. The van der Waals surface area contributed by atoms with Gasteiger partial charge >= 0.3 is 0 Å². The molecule has 4 heterocycles. The van der Waals surface area contributed by atoms with Crippen molar-refractivity contribution in [3.63, 3.8) is 0 Å². The second-order valence-electron chi connectivity index (χ2n) is 17.4. The molecular formula is C43H52O16. The lowest BCUT2D eigenvalue weighted by atomic mass is 9.57. The van der Waals surface area contributed by atoms with Crippen LogP contribution >= 0.6 is 0 Å². The Balaban J connectivity index is 0.961. The van der Waals surface area contributed by atoms with Crippen molar-refractivity contribution in [1.29, 1.82) is 0 Å². The van der Waals surface area contributed by atoms with Crippen molar-refractivity contribution in [2.75, 3.05) is 0 Å². The Labute approximate surface area is 340 Å². The zero-order chi connectivity index (χ0) is 42.3. The number of benzene rings is 1. The van der Waals surface area contributed by atoms with Gasteiger partial charge in [0.15, 0.2) is 53.4 Å². The molecule has 16 nitrogen and oxygen atoms in total. The van der Waals surface area contributed by atoms with Gasteiger partial charge in [0.2, 0.25) is 0 Å². The number of aliphatic hydroxyl groups excluding tert-OH is 1. The number of fused-ring (bicyclic) bond motifs is 3. The van der Waals surface area contributed by atoms with Crippen LogP contribution in [-0.4, -0.2) is 128 Å². The van der Waals surface area contributed by atoms with Crippen LogP contribution in [0.2, 0.25) is 0 Å². The molecule has 11 unspecified atom stereocenters. The van der Waals surface area contributed by atoms with Crippen LogP contribution in [0.1, 0.15) is 125 Å². The maximum atomic E-state index is 14.3. The number of phenolic OH excluding ortho intramolecular Hbond substituents is 1. The summed E-state index contributed by atoms with van der Waals surface area (Å²) in [4.78, 5) is 66.4. The molecule has 8 rings (SSSR count). The SMILES string of the molecule is CC1OC(OC2CCC(O[C@@]3(C)CC(=O)[C@]4(O)C5=C(C=C[C@]4(O)C3)C(=O)c3c(ccc(C4CC(O)C(OC6CCC(=O)C(C)O6)C(C)O4)c3O)C5=O)OC2C)CCC1=O. The molecule has 0 amide bonds. The first kappa shape index (κ1) is 42.2. The Bertz CT molecular complexity index is 2000. The summed E-state index contributed by atoms with van der Waals surface area (Å²) in [5.74, 6) is -3.26. The summed E-state index contributed by atoms with van der Waals surface area (Å²) in [6, 6.07) is 2.69. The molecule has 4 aliphatic heterocycles. The average molecular weight is 825 g/mol. The topological polar surface area (TPSA) is 231 Å². The fourth-order valence-corrected chi connectivity index (χ4v) is 9.83. The monoisotopic (exact) mass is 824 g/mol. The fraction of sp³-hybridized carbons (Fsp3) is 0.651. The van der Waals surface area contributed by atoms with Crippen LogP contribution in [0.3, 0.4) is 0 Å². The zero-order valence-electron chi connectivity index (χ0n) is 33.7. The van der Waals surface area contributed by atoms with E-state index in [1.165, 1.54) is 18.2 Å². The Morgan fingerprint density at radius 2 is 1.44 bits per heavy atom. The van der Waals surface area contributed by atoms with Gasteiger partial charge in [0.25, 0.3) is 0 Å². The van der Waals surface area contributed by atoms with E-state index in [1.54, 1.807) is 27.7 Å². The van der Waals surface area contributed by atoms with E-state index in [0.717, 1.165) is 6.08 Å². The number of phenols is 1. The molecule has 1 saturated carbocycles. The van der Waals surface area contributed by atoms with Crippen LogP contribution in [0.15, 0.2) is 35.4 Å². The number of allylic oxidation sites excluding steroid dienone is 2. The summed E-state index contributed by atoms with van der Waals surface area (Å²) in [7, 11) is 0. The Kier molecular flexibility index (Phi) is 11.0. The molecule has 3 aliphatic carbocycles. The Morgan fingerprint density at radius 1 is 0.780 bits per heavy atom. The molecule has 59 heavy (non-hydrogen) atoms. The number of ketones is 5. The summed E-state index contributed by atoms with van der Waals surface area (Å²) in [5, 5.41) is 47.1. The molecule has 4 saturated heterocycles. The maximum absolute atomic E-state index is 14.3. The van der Waals surface area contributed by atoms with Gasteiger partial charge in [-0.3, -0.25) is 24.0 Å². The van der Waals surface area contributed by atoms with E-state index in [9.17, 15) is 44.4 Å². The number of hydrogen-bond donors (Lipinski definition) is 4. The van der Waals surface area contributed by atoms with Gasteiger partial charge in [0.05, 0.1) is 47.3 Å². The molecule has 0 spiro atoms. The van der Waals surface area contributed by atoms with Gasteiger partial charge in [-0.25, -0.2) is 0 Å². The molecule has 0 radical (unpaired) electrons. The van der Waals surface area contributed by atoms with Crippen LogP contribution < -0.4 is 0 Å². The molecule has 5 fully saturated rings. The van der Waals surface area contributed by atoms with Crippen LogP contribution in [0.25, 0.3) is 0 Å². The quantitative estimate of drug-likeness (QED) is 0.310. The average Bonchev–Trinajstić information content (AvgIpc) is 3.16. The van der Waals surface area contributed by atoms with E-state index in [2.05, 4.69) is 0 Å². The van der Waals surface area contributed by atoms with Gasteiger partial charge < -0.3 is 53.6 Å². The lowest BCUT2D eigenvalue weighted by Crippen LogP contribution is -2.69. The van der Waals surface area contributed by atoms with Gasteiger partial charge in [0.1, 0.15) is 29.7 Å². The first-order valence-corrected chi connectivity index (χ1v) is 20.5. The molecule has 7 aliphatic rings. The van der Waals surface area contributed by atoms with Gasteiger partial charge in [-0.15, -0.1) is 0 Å². The number of ether oxygens (including phenoxy) is 7. The molecule has 16 heteroatoms. The molecule has 0 aromatic heterocycles. The fourth-order valence-electron chi connectivity index (χ4n) is 9.83. The molecule has 0 bridgehead atoms. The summed E-state index contributed by atoms with van der Waals surface area (Å²) in [5.41, 5.74) is -7.96. The van der Waals surface area contributed by atoms with Crippen molar-refractivity contribution in [2.24, 2.45) is 0 Å². The third kappa shape index (κ3) is 7.28. The van der Waals surface area contributed by atoms with Crippen molar-refractivity contribution in [1.82, 2.24) is 0 Å². The van der Waals surface area contributed by atoms with Gasteiger partial charge in [0, 0.05) is 68.1 Å². The third-order valence-electron chi connectivity index (χ3n) is 13.0. The highest BCUT2D eigenvalue weighted by atomic mass is 16.7. The first-order chi connectivity index (χ1) is 27.8. The van der Waals surface area contributed by atoms with Crippen molar-refractivity contribution >= 4 is 28.9 Å². The normalized spacial score (nSPS) is 42.7. The van der Waals surface area contributed by atoms with Crippen LogP contribution in [0.5, 0.6) is 5.75 Å². The third-order valence-corrected chi connectivity index (χ3v) is 13.0. The zero-order valence-corrected chi connectivity index (χ0v) is 33.7. The predicted molar refractivity (Wildman–Crippen MR) is 201 cm³/mol. The Morgan fingerprint density at radius 3 is 2.07 bits per heavy atom. The molecule has 4 N–H and O–H groups in total. The maximum Gasteiger partial charge on any atom is 0.198 e. The number of carbonyl (C=O) groups is 5. The highest BCUT2D eigenvalue weighted by Crippen LogP contribution is 2.53. The van der Waals surface area contributed by atoms with Crippen molar-refractivity contribution < 1.29 is 77.6 Å². The standard InChI is InChI=1S/C43H52O16/c1-19-26(44)8-11-32(54-19)57-29-10-13-34(56-21(29)3)59-41(5)17-31(47)43(52)36-25(14-15-42(43,51)18-41)38(49)35-24(39(36)50)7-6-23(37(35)48)30-16-28(46)40(22(4)53-30)58-33-12-9-27(45)20(2)55-33/h6-7,14-15,19-22,28-30,32-34,40,46,48,51-52H,8-13,16-18H2,1-5H3/t19?,20?,21?,22?,28?,29?,30?,32?,33?,34?,40?,41-,42-,43-/m0/s1. The number of hydrogen-bond acceptors (Lipinski definition) is 16. The largest absolute Gasteiger partial charge is 0.507 e. The number of Topliss-reactive ketones (excluding diaryl/α,β-unsaturated/α-hetero) is 5. The molecule has 14 atom stereocenters. The van der Waals surface area contributed by atoms with E-state index in [0.29, 0.717) is 32.1 Å². The van der Waals surface area contributed by atoms with E-state index < -0.39 is 113 Å². The summed E-state index contributed by atoms with van der Waals surface area (Å²) in [6.07, 6.45) is -3.71. The molecule has 1 aromatic rings. The molecule has 1 aromatic carbocycles. The number of aromatic hydroxyl groups is 1. The lowest BCUT2D eigenvalue weighted by Gasteiger charge is -2.53. The highest BCUT2D eigenvalue weighted by molar-refractivity contribution is 6.32. The van der Waals surface area contributed by atoms with Gasteiger partial charge in [-0.2, -0.15) is 0 Å². The van der Waals surface area contributed by atoms with Crippen LogP contribution in [0.4, 0.5) is 0 Å². The molecular weight excluding hydrogens is 772 g/mol. The summed E-state index contributed by atoms with van der Waals surface area (Å²) >= 11 is 0.